The Morgan fingerprint density at radius 3 is 2.25 bits per heavy atom. The Morgan fingerprint density at radius 2 is 1.75 bits per heavy atom. The quantitative estimate of drug-likeness (QED) is 0.824. The lowest BCUT2D eigenvalue weighted by molar-refractivity contribution is 0.576. The molecule has 0 spiro atoms. The van der Waals surface area contributed by atoms with Gasteiger partial charge in [0.1, 0.15) is 0 Å². The summed E-state index contributed by atoms with van der Waals surface area (Å²) >= 11 is 0. The number of benzene rings is 1. The molecule has 0 bridgehead atoms. The molecule has 0 saturated carbocycles. The summed E-state index contributed by atoms with van der Waals surface area (Å²) in [6, 6.07) is 7.34. The Hall–Kier alpha value is -1.71. The summed E-state index contributed by atoms with van der Waals surface area (Å²) in [7, 11) is -6.89. The molecule has 108 valence electrons. The first-order valence-corrected chi connectivity index (χ1v) is 8.94. The molecular formula is C11H13N3O4S2. The second-order valence-electron chi connectivity index (χ2n) is 4.16. The van der Waals surface area contributed by atoms with Crippen molar-refractivity contribution in [1.82, 2.24) is 14.9 Å². The second-order valence-corrected chi connectivity index (χ2v) is 7.91. The summed E-state index contributed by atoms with van der Waals surface area (Å²) in [6.07, 6.45) is 2.46. The summed E-state index contributed by atoms with van der Waals surface area (Å²) in [5.41, 5.74) is 0.653. The lowest BCUT2D eigenvalue weighted by Gasteiger charge is -2.05. The van der Waals surface area contributed by atoms with Crippen LogP contribution >= 0.6 is 0 Å². The molecule has 0 amide bonds. The number of rotatable bonds is 5. The van der Waals surface area contributed by atoms with Gasteiger partial charge in [0, 0.05) is 12.8 Å². The summed E-state index contributed by atoms with van der Waals surface area (Å²) in [5.74, 6) is 0. The molecule has 0 radical (unpaired) electrons. The van der Waals surface area contributed by atoms with Crippen LogP contribution in [0.3, 0.4) is 0 Å². The molecule has 0 aliphatic carbocycles. The average Bonchev–Trinajstić information content (AvgIpc) is 2.90. The van der Waals surface area contributed by atoms with Crippen LogP contribution in [0.1, 0.15) is 5.56 Å². The molecule has 0 aliphatic rings. The van der Waals surface area contributed by atoms with Crippen LogP contribution in [-0.4, -0.2) is 33.3 Å². The Kier molecular flexibility index (Phi) is 3.93. The highest BCUT2D eigenvalue weighted by molar-refractivity contribution is 7.90. The third-order valence-electron chi connectivity index (χ3n) is 2.58. The minimum atomic E-state index is -3.64. The van der Waals surface area contributed by atoms with Gasteiger partial charge in [0.2, 0.25) is 0 Å². The van der Waals surface area contributed by atoms with E-state index in [-0.39, 0.29) is 16.5 Å². The monoisotopic (exact) mass is 315 g/mol. The van der Waals surface area contributed by atoms with Crippen molar-refractivity contribution in [3.05, 3.63) is 42.1 Å². The highest BCUT2D eigenvalue weighted by Gasteiger charge is 2.15. The van der Waals surface area contributed by atoms with Crippen LogP contribution in [0.25, 0.3) is 0 Å². The van der Waals surface area contributed by atoms with Gasteiger partial charge < -0.3 is 0 Å². The molecule has 1 aromatic carbocycles. The number of nitrogens with zero attached hydrogens (tertiary/aromatic N) is 1. The maximum absolute atomic E-state index is 11.8. The first-order chi connectivity index (χ1) is 9.29. The number of sulfone groups is 1. The van der Waals surface area contributed by atoms with E-state index >= 15 is 0 Å². The normalized spacial score (nSPS) is 12.4. The fraction of sp³-hybridized carbons (Fsp3) is 0.182. The van der Waals surface area contributed by atoms with Crippen LogP contribution in [-0.2, 0) is 26.4 Å². The summed E-state index contributed by atoms with van der Waals surface area (Å²) in [5, 5.41) is 5.91. The van der Waals surface area contributed by atoms with Crippen molar-refractivity contribution < 1.29 is 16.8 Å². The molecule has 9 heteroatoms. The Labute approximate surface area is 117 Å². The highest BCUT2D eigenvalue weighted by Crippen LogP contribution is 2.11. The topological polar surface area (TPSA) is 109 Å². The van der Waals surface area contributed by atoms with Crippen LogP contribution in [0.15, 0.2) is 46.5 Å². The summed E-state index contributed by atoms with van der Waals surface area (Å²) in [6.45, 7) is 0.0609. The number of sulfonamides is 1. The number of H-pyrrole nitrogens is 1. The van der Waals surface area contributed by atoms with Gasteiger partial charge in [0.25, 0.3) is 10.0 Å². The highest BCUT2D eigenvalue weighted by atomic mass is 32.2. The van der Waals surface area contributed by atoms with Crippen molar-refractivity contribution in [2.45, 2.75) is 16.5 Å². The predicted octanol–water partition coefficient (Wildman–Crippen LogP) is 0.292. The van der Waals surface area contributed by atoms with Gasteiger partial charge in [-0.25, -0.2) is 21.6 Å². The SMILES string of the molecule is CS(=O)(=O)c1ccc(CNS(=O)(=O)c2ccn[nH]2)cc1. The van der Waals surface area contributed by atoms with E-state index in [0.717, 1.165) is 6.26 Å². The van der Waals surface area contributed by atoms with Crippen molar-refractivity contribution in [2.24, 2.45) is 0 Å². The third-order valence-corrected chi connectivity index (χ3v) is 5.04. The number of nitrogens with one attached hydrogen (secondary N) is 2. The molecule has 2 aromatic rings. The zero-order valence-corrected chi connectivity index (χ0v) is 12.2. The van der Waals surface area contributed by atoms with E-state index in [1.165, 1.54) is 24.4 Å². The Morgan fingerprint density at radius 1 is 1.10 bits per heavy atom. The van der Waals surface area contributed by atoms with Crippen molar-refractivity contribution in [3.8, 4) is 0 Å². The largest absolute Gasteiger partial charge is 0.266 e. The molecule has 0 saturated heterocycles. The standard InChI is InChI=1S/C11H13N3O4S2/c1-19(15,16)10-4-2-9(3-5-10)8-13-20(17,18)11-6-7-12-14-11/h2-7,13H,8H2,1H3,(H,12,14). The van der Waals surface area contributed by atoms with Gasteiger partial charge in [-0.2, -0.15) is 5.10 Å². The van der Waals surface area contributed by atoms with E-state index in [1.807, 2.05) is 0 Å². The smallest absolute Gasteiger partial charge is 0.257 e. The van der Waals surface area contributed by atoms with E-state index in [9.17, 15) is 16.8 Å². The second kappa shape index (κ2) is 5.35. The molecule has 0 fully saturated rings. The number of hydrogen-bond donors (Lipinski definition) is 2. The predicted molar refractivity (Wildman–Crippen MR) is 72.2 cm³/mol. The molecule has 1 heterocycles. The Bertz CT molecular complexity index is 779. The maximum atomic E-state index is 11.8. The molecule has 7 nitrogen and oxygen atoms in total. The average molecular weight is 315 g/mol. The fourth-order valence-electron chi connectivity index (χ4n) is 1.50. The van der Waals surface area contributed by atoms with Crippen molar-refractivity contribution in [3.63, 3.8) is 0 Å². The minimum absolute atomic E-state index is 0.0229. The summed E-state index contributed by atoms with van der Waals surface area (Å²) < 4.78 is 48.6. The van der Waals surface area contributed by atoms with Crippen LogP contribution in [0, 0.1) is 0 Å². The number of hydrogen-bond acceptors (Lipinski definition) is 5. The van der Waals surface area contributed by atoms with Gasteiger partial charge in [-0.1, -0.05) is 12.1 Å². The molecule has 20 heavy (non-hydrogen) atoms. The van der Waals surface area contributed by atoms with Crippen LogP contribution in [0.5, 0.6) is 0 Å². The van der Waals surface area contributed by atoms with Gasteiger partial charge >= 0.3 is 0 Å². The van der Waals surface area contributed by atoms with E-state index in [4.69, 9.17) is 0 Å². The number of aromatic nitrogens is 2. The van der Waals surface area contributed by atoms with Crippen LogP contribution < -0.4 is 4.72 Å². The summed E-state index contributed by atoms with van der Waals surface area (Å²) in [4.78, 5) is 0.192. The van der Waals surface area contributed by atoms with Gasteiger partial charge in [0.15, 0.2) is 14.9 Å². The van der Waals surface area contributed by atoms with Gasteiger partial charge in [-0.3, -0.25) is 5.10 Å². The minimum Gasteiger partial charge on any atom is -0.266 e. The Balaban J connectivity index is 2.09. The fourth-order valence-corrected chi connectivity index (χ4v) is 3.06. The van der Waals surface area contributed by atoms with E-state index in [2.05, 4.69) is 14.9 Å². The van der Waals surface area contributed by atoms with Crippen LogP contribution in [0.4, 0.5) is 0 Å². The molecule has 2 N–H and O–H groups in total. The third kappa shape index (κ3) is 3.44. The molecular weight excluding hydrogens is 302 g/mol. The molecule has 2 rings (SSSR count). The van der Waals surface area contributed by atoms with E-state index in [0.29, 0.717) is 5.56 Å². The van der Waals surface area contributed by atoms with Crippen molar-refractivity contribution in [2.75, 3.05) is 6.26 Å². The zero-order valence-electron chi connectivity index (χ0n) is 10.6. The van der Waals surface area contributed by atoms with E-state index < -0.39 is 19.9 Å². The first kappa shape index (κ1) is 14.7. The number of aromatic amines is 1. The first-order valence-electron chi connectivity index (χ1n) is 5.57. The lowest BCUT2D eigenvalue weighted by atomic mass is 10.2. The zero-order chi connectivity index (χ0) is 14.8. The van der Waals surface area contributed by atoms with Gasteiger partial charge in [-0.15, -0.1) is 0 Å². The van der Waals surface area contributed by atoms with Gasteiger partial charge in [-0.05, 0) is 23.8 Å². The molecule has 0 aliphatic heterocycles. The van der Waals surface area contributed by atoms with E-state index in [1.54, 1.807) is 12.1 Å². The molecule has 0 unspecified atom stereocenters. The lowest BCUT2D eigenvalue weighted by Crippen LogP contribution is -2.23. The molecule has 0 atom stereocenters. The van der Waals surface area contributed by atoms with Crippen LogP contribution in [0.2, 0.25) is 0 Å². The molecule has 1 aromatic heterocycles. The van der Waals surface area contributed by atoms with Gasteiger partial charge in [0.05, 0.1) is 11.1 Å². The van der Waals surface area contributed by atoms with Crippen molar-refractivity contribution >= 4 is 19.9 Å². The maximum Gasteiger partial charge on any atom is 0.257 e. The van der Waals surface area contributed by atoms with Crippen molar-refractivity contribution in [1.29, 1.82) is 0 Å².